The summed E-state index contributed by atoms with van der Waals surface area (Å²) in [4.78, 5) is 0. The number of thiophene rings is 1. The Morgan fingerprint density at radius 2 is 2.00 bits per heavy atom. The minimum absolute atomic E-state index is 0.479. The van der Waals surface area contributed by atoms with Crippen molar-refractivity contribution in [3.8, 4) is 0 Å². The molecule has 0 unspecified atom stereocenters. The van der Waals surface area contributed by atoms with Crippen LogP contribution in [0.15, 0.2) is 16.8 Å². The van der Waals surface area contributed by atoms with Crippen LogP contribution >= 0.6 is 11.3 Å². The lowest BCUT2D eigenvalue weighted by molar-refractivity contribution is 0.0867. The van der Waals surface area contributed by atoms with Gasteiger partial charge in [-0.2, -0.15) is 11.3 Å². The van der Waals surface area contributed by atoms with Gasteiger partial charge >= 0.3 is 0 Å². The van der Waals surface area contributed by atoms with Crippen LogP contribution in [0.3, 0.4) is 0 Å². The van der Waals surface area contributed by atoms with Crippen LogP contribution < -0.4 is 5.32 Å². The number of rotatable bonds is 5. The average Bonchev–Trinajstić information content (AvgIpc) is 2.89. The van der Waals surface area contributed by atoms with Crippen molar-refractivity contribution in [2.75, 3.05) is 13.1 Å². The molecule has 2 heteroatoms. The van der Waals surface area contributed by atoms with E-state index < -0.39 is 0 Å². The number of hydrogen-bond acceptors (Lipinski definition) is 2. The van der Waals surface area contributed by atoms with Crippen molar-refractivity contribution < 1.29 is 0 Å². The Morgan fingerprint density at radius 1 is 1.30 bits per heavy atom. The average molecular weight is 294 g/mol. The first-order chi connectivity index (χ1) is 9.45. The molecule has 1 aromatic heterocycles. The molecule has 1 aliphatic carbocycles. The summed E-state index contributed by atoms with van der Waals surface area (Å²) in [6.45, 7) is 11.7. The van der Waals surface area contributed by atoms with E-state index in [9.17, 15) is 0 Å². The Bertz CT molecular complexity index is 380. The second-order valence-corrected chi connectivity index (χ2v) is 8.51. The van der Waals surface area contributed by atoms with Crippen LogP contribution in [0.2, 0.25) is 0 Å². The lowest BCUT2D eigenvalue weighted by Gasteiger charge is -2.44. The molecule has 0 radical (unpaired) electrons. The van der Waals surface area contributed by atoms with Gasteiger partial charge in [0.25, 0.3) is 0 Å². The Labute approximate surface area is 129 Å². The predicted octanol–water partition coefficient (Wildman–Crippen LogP) is 5.12. The zero-order valence-corrected chi connectivity index (χ0v) is 14.5. The van der Waals surface area contributed by atoms with Gasteiger partial charge in [0.2, 0.25) is 0 Å². The van der Waals surface area contributed by atoms with Gasteiger partial charge in [0.15, 0.2) is 0 Å². The maximum Gasteiger partial charge on any atom is 0.00109 e. The van der Waals surface area contributed by atoms with Gasteiger partial charge in [-0.05, 0) is 77.8 Å². The summed E-state index contributed by atoms with van der Waals surface area (Å²) in [5, 5.41) is 8.18. The standard InChI is InChI=1S/C18H31NS/c1-5-19-14-18(12-15-8-11-20-13-15)9-6-16(7-10-18)17(2,3)4/h8,11,13,16,19H,5-7,9-10,12,14H2,1-4H3. The van der Waals surface area contributed by atoms with Gasteiger partial charge in [0.1, 0.15) is 0 Å². The van der Waals surface area contributed by atoms with Crippen LogP contribution in [0.25, 0.3) is 0 Å². The molecule has 1 fully saturated rings. The Hall–Kier alpha value is -0.340. The van der Waals surface area contributed by atoms with Crippen molar-refractivity contribution in [3.05, 3.63) is 22.4 Å². The second kappa shape index (κ2) is 6.62. The molecular weight excluding hydrogens is 262 g/mol. The Balaban J connectivity index is 2.02. The Kier molecular flexibility index (Phi) is 5.30. The first-order valence-electron chi connectivity index (χ1n) is 8.17. The highest BCUT2D eigenvalue weighted by Gasteiger charge is 2.38. The fraction of sp³-hybridized carbons (Fsp3) is 0.778. The van der Waals surface area contributed by atoms with Crippen LogP contribution in [0.1, 0.15) is 58.9 Å². The molecule has 1 saturated carbocycles. The van der Waals surface area contributed by atoms with Crippen LogP contribution in [0, 0.1) is 16.7 Å². The van der Waals surface area contributed by atoms with E-state index in [2.05, 4.69) is 49.8 Å². The quantitative estimate of drug-likeness (QED) is 0.794. The molecule has 2 rings (SSSR count). The van der Waals surface area contributed by atoms with Crippen molar-refractivity contribution in [1.82, 2.24) is 5.32 Å². The van der Waals surface area contributed by atoms with Crippen LogP contribution in [0.4, 0.5) is 0 Å². The lowest BCUT2D eigenvalue weighted by Crippen LogP contribution is -2.41. The molecule has 0 aliphatic heterocycles. The van der Waals surface area contributed by atoms with Gasteiger partial charge in [-0.1, -0.05) is 27.7 Å². The van der Waals surface area contributed by atoms with E-state index in [0.29, 0.717) is 10.8 Å². The summed E-state index contributed by atoms with van der Waals surface area (Å²) in [7, 11) is 0. The molecule has 0 amide bonds. The molecule has 20 heavy (non-hydrogen) atoms. The lowest BCUT2D eigenvalue weighted by atomic mass is 9.62. The summed E-state index contributed by atoms with van der Waals surface area (Å²) >= 11 is 1.84. The molecule has 0 aromatic carbocycles. The molecule has 0 bridgehead atoms. The summed E-state index contributed by atoms with van der Waals surface area (Å²) in [6, 6.07) is 2.31. The van der Waals surface area contributed by atoms with E-state index >= 15 is 0 Å². The second-order valence-electron chi connectivity index (χ2n) is 7.73. The van der Waals surface area contributed by atoms with Crippen LogP contribution in [-0.4, -0.2) is 13.1 Å². The van der Waals surface area contributed by atoms with E-state index in [4.69, 9.17) is 0 Å². The fourth-order valence-electron chi connectivity index (χ4n) is 3.73. The smallest absolute Gasteiger partial charge is 0.00109 e. The fourth-order valence-corrected chi connectivity index (χ4v) is 4.40. The number of nitrogens with one attached hydrogen (secondary N) is 1. The van der Waals surface area contributed by atoms with Gasteiger partial charge in [-0.25, -0.2) is 0 Å². The molecule has 1 aromatic rings. The minimum Gasteiger partial charge on any atom is -0.316 e. The molecule has 0 spiro atoms. The van der Waals surface area contributed by atoms with Gasteiger partial charge in [-0.15, -0.1) is 0 Å². The van der Waals surface area contributed by atoms with E-state index in [1.807, 2.05) is 11.3 Å². The van der Waals surface area contributed by atoms with Crippen molar-refractivity contribution in [1.29, 1.82) is 0 Å². The zero-order chi connectivity index (χ0) is 14.6. The molecule has 1 heterocycles. The van der Waals surface area contributed by atoms with Crippen molar-refractivity contribution >= 4 is 11.3 Å². The van der Waals surface area contributed by atoms with Crippen molar-refractivity contribution in [3.63, 3.8) is 0 Å². The summed E-state index contributed by atoms with van der Waals surface area (Å²) in [5.74, 6) is 0.903. The first kappa shape index (κ1) is 16.0. The van der Waals surface area contributed by atoms with Crippen molar-refractivity contribution in [2.45, 2.75) is 59.8 Å². The van der Waals surface area contributed by atoms with Crippen molar-refractivity contribution in [2.24, 2.45) is 16.7 Å². The molecular formula is C18H31NS. The highest BCUT2D eigenvalue weighted by atomic mass is 32.1. The predicted molar refractivity (Wildman–Crippen MR) is 90.4 cm³/mol. The first-order valence-corrected chi connectivity index (χ1v) is 9.11. The van der Waals surface area contributed by atoms with E-state index in [-0.39, 0.29) is 0 Å². The maximum absolute atomic E-state index is 3.63. The third-order valence-corrected chi connectivity index (χ3v) is 5.91. The van der Waals surface area contributed by atoms with Gasteiger partial charge < -0.3 is 5.32 Å². The highest BCUT2D eigenvalue weighted by Crippen LogP contribution is 2.46. The SMILES string of the molecule is CCNCC1(Cc2ccsc2)CCC(C(C)(C)C)CC1. The molecule has 1 aliphatic rings. The van der Waals surface area contributed by atoms with E-state index in [0.717, 1.165) is 12.5 Å². The van der Waals surface area contributed by atoms with E-state index in [1.165, 1.54) is 38.6 Å². The topological polar surface area (TPSA) is 12.0 Å². The van der Waals surface area contributed by atoms with Gasteiger partial charge in [0.05, 0.1) is 0 Å². The van der Waals surface area contributed by atoms with Gasteiger partial charge in [-0.3, -0.25) is 0 Å². The third-order valence-electron chi connectivity index (χ3n) is 5.18. The summed E-state index contributed by atoms with van der Waals surface area (Å²) in [5.41, 5.74) is 2.52. The maximum atomic E-state index is 3.63. The molecule has 0 saturated heterocycles. The van der Waals surface area contributed by atoms with Crippen LogP contribution in [0.5, 0.6) is 0 Å². The van der Waals surface area contributed by atoms with Crippen LogP contribution in [-0.2, 0) is 6.42 Å². The third kappa shape index (κ3) is 4.08. The minimum atomic E-state index is 0.479. The normalized spacial score (nSPS) is 27.7. The monoisotopic (exact) mass is 293 g/mol. The highest BCUT2D eigenvalue weighted by molar-refractivity contribution is 7.07. The largest absolute Gasteiger partial charge is 0.316 e. The molecule has 114 valence electrons. The molecule has 1 nitrogen and oxygen atoms in total. The summed E-state index contributed by atoms with van der Waals surface area (Å²) in [6.07, 6.45) is 6.84. The zero-order valence-electron chi connectivity index (χ0n) is 13.7. The number of hydrogen-bond donors (Lipinski definition) is 1. The van der Waals surface area contributed by atoms with Gasteiger partial charge in [0, 0.05) is 6.54 Å². The molecule has 0 atom stereocenters. The van der Waals surface area contributed by atoms with E-state index in [1.54, 1.807) is 5.56 Å². The summed E-state index contributed by atoms with van der Waals surface area (Å²) < 4.78 is 0. The molecule has 1 N–H and O–H groups in total. The Morgan fingerprint density at radius 3 is 2.50 bits per heavy atom.